The molecular formula is C19H24N4O3S. The van der Waals surface area contributed by atoms with Crippen molar-refractivity contribution in [3.63, 3.8) is 0 Å². The molecule has 0 saturated carbocycles. The Morgan fingerprint density at radius 1 is 1.15 bits per heavy atom. The minimum atomic E-state index is -0.127. The monoisotopic (exact) mass is 388 g/mol. The highest BCUT2D eigenvalue weighted by molar-refractivity contribution is 8.00. The van der Waals surface area contributed by atoms with Crippen molar-refractivity contribution in [1.29, 1.82) is 0 Å². The van der Waals surface area contributed by atoms with Crippen LogP contribution < -0.4 is 5.32 Å². The quantitative estimate of drug-likeness (QED) is 0.764. The summed E-state index contributed by atoms with van der Waals surface area (Å²) < 4.78 is 4.93. The number of nitrogens with zero attached hydrogens (tertiary/aromatic N) is 3. The molecular weight excluding hydrogens is 364 g/mol. The number of amides is 2. The molecule has 2 heterocycles. The van der Waals surface area contributed by atoms with Crippen LogP contribution in [0.2, 0.25) is 0 Å². The first kappa shape index (κ1) is 19.4. The van der Waals surface area contributed by atoms with Crippen LogP contribution >= 0.6 is 11.8 Å². The molecule has 1 aliphatic rings. The van der Waals surface area contributed by atoms with Gasteiger partial charge in [0.05, 0.1) is 12.3 Å². The summed E-state index contributed by atoms with van der Waals surface area (Å²) in [7, 11) is 0. The Bertz CT molecular complexity index is 783. The van der Waals surface area contributed by atoms with E-state index in [0.717, 1.165) is 4.90 Å². The topological polar surface area (TPSA) is 78.7 Å². The molecule has 1 aromatic carbocycles. The van der Waals surface area contributed by atoms with E-state index in [4.69, 9.17) is 4.52 Å². The summed E-state index contributed by atoms with van der Waals surface area (Å²) in [6, 6.07) is 9.87. The fourth-order valence-electron chi connectivity index (χ4n) is 2.84. The fourth-order valence-corrected chi connectivity index (χ4v) is 3.64. The Kier molecular flexibility index (Phi) is 6.52. The normalized spacial score (nSPS) is 15.0. The Balaban J connectivity index is 1.38. The van der Waals surface area contributed by atoms with Crippen LogP contribution in [0.3, 0.4) is 0 Å². The molecule has 2 amide bonds. The van der Waals surface area contributed by atoms with Gasteiger partial charge < -0.3 is 14.7 Å². The van der Waals surface area contributed by atoms with Crippen molar-refractivity contribution < 1.29 is 14.1 Å². The van der Waals surface area contributed by atoms with Gasteiger partial charge in [0, 0.05) is 37.1 Å². The number of piperazine rings is 1. The highest BCUT2D eigenvalue weighted by Gasteiger charge is 2.22. The lowest BCUT2D eigenvalue weighted by Crippen LogP contribution is -2.50. The van der Waals surface area contributed by atoms with Gasteiger partial charge in [0.15, 0.2) is 5.82 Å². The van der Waals surface area contributed by atoms with E-state index in [1.54, 1.807) is 24.8 Å². The van der Waals surface area contributed by atoms with Gasteiger partial charge >= 0.3 is 0 Å². The molecule has 0 aliphatic carbocycles. The van der Waals surface area contributed by atoms with Crippen LogP contribution in [0.25, 0.3) is 0 Å². The number of aryl methyl sites for hydroxylation is 2. The number of aromatic nitrogens is 1. The van der Waals surface area contributed by atoms with Gasteiger partial charge in [-0.25, -0.2) is 0 Å². The standard InChI is InChI=1S/C19H24N4O3S/c1-14-3-5-16(6-4-14)27-13-19(25)23-9-7-22(8-10-23)12-18(24)20-17-11-15(2)26-21-17/h3-6,11H,7-10,12-13H2,1-2H3,(H,20,21,24). The second kappa shape index (κ2) is 9.05. The number of rotatable bonds is 6. The highest BCUT2D eigenvalue weighted by atomic mass is 32.2. The maximum Gasteiger partial charge on any atom is 0.239 e. The fraction of sp³-hybridized carbons (Fsp3) is 0.421. The average molecular weight is 388 g/mol. The van der Waals surface area contributed by atoms with E-state index in [2.05, 4.69) is 22.6 Å². The van der Waals surface area contributed by atoms with E-state index in [0.29, 0.717) is 43.5 Å². The molecule has 1 aliphatic heterocycles. The molecule has 27 heavy (non-hydrogen) atoms. The average Bonchev–Trinajstić information content (AvgIpc) is 3.06. The predicted octanol–water partition coefficient (Wildman–Crippen LogP) is 2.17. The Morgan fingerprint density at radius 2 is 1.85 bits per heavy atom. The van der Waals surface area contributed by atoms with Crippen molar-refractivity contribution in [2.75, 3.05) is 43.8 Å². The predicted molar refractivity (Wildman–Crippen MR) is 105 cm³/mol. The molecule has 1 N–H and O–H groups in total. The summed E-state index contributed by atoms with van der Waals surface area (Å²) in [5.74, 6) is 1.54. The van der Waals surface area contributed by atoms with Gasteiger partial charge in [-0.2, -0.15) is 0 Å². The molecule has 0 bridgehead atoms. The lowest BCUT2D eigenvalue weighted by Gasteiger charge is -2.34. The van der Waals surface area contributed by atoms with Crippen LogP contribution in [0.4, 0.5) is 5.82 Å². The third-order valence-corrected chi connectivity index (χ3v) is 5.37. The summed E-state index contributed by atoms with van der Waals surface area (Å²) in [5, 5.41) is 6.47. The van der Waals surface area contributed by atoms with E-state index in [9.17, 15) is 9.59 Å². The van der Waals surface area contributed by atoms with Gasteiger partial charge in [0.1, 0.15) is 5.76 Å². The van der Waals surface area contributed by atoms with Crippen molar-refractivity contribution in [2.45, 2.75) is 18.7 Å². The third kappa shape index (κ3) is 5.83. The molecule has 1 saturated heterocycles. The van der Waals surface area contributed by atoms with Gasteiger partial charge in [0.25, 0.3) is 0 Å². The first-order valence-electron chi connectivity index (χ1n) is 8.92. The van der Waals surface area contributed by atoms with Gasteiger partial charge in [-0.05, 0) is 26.0 Å². The van der Waals surface area contributed by atoms with Crippen molar-refractivity contribution >= 4 is 29.4 Å². The van der Waals surface area contributed by atoms with Crippen molar-refractivity contribution in [3.8, 4) is 0 Å². The van der Waals surface area contributed by atoms with Gasteiger partial charge in [0.2, 0.25) is 11.8 Å². The van der Waals surface area contributed by atoms with Gasteiger partial charge in [-0.3, -0.25) is 14.5 Å². The summed E-state index contributed by atoms with van der Waals surface area (Å²) in [4.78, 5) is 29.5. The van der Waals surface area contributed by atoms with E-state index >= 15 is 0 Å². The van der Waals surface area contributed by atoms with Crippen molar-refractivity contribution in [1.82, 2.24) is 15.0 Å². The molecule has 3 rings (SSSR count). The number of carbonyl (C=O) groups is 2. The summed E-state index contributed by atoms with van der Waals surface area (Å²) in [6.07, 6.45) is 0. The zero-order valence-electron chi connectivity index (χ0n) is 15.6. The van der Waals surface area contributed by atoms with E-state index in [-0.39, 0.29) is 18.4 Å². The van der Waals surface area contributed by atoms with Gasteiger partial charge in [-0.15, -0.1) is 11.8 Å². The molecule has 0 unspecified atom stereocenters. The minimum absolute atomic E-state index is 0.127. The number of carbonyl (C=O) groups excluding carboxylic acids is 2. The van der Waals surface area contributed by atoms with E-state index < -0.39 is 0 Å². The van der Waals surface area contributed by atoms with Crippen LogP contribution in [0.5, 0.6) is 0 Å². The first-order chi connectivity index (χ1) is 13.0. The smallest absolute Gasteiger partial charge is 0.239 e. The largest absolute Gasteiger partial charge is 0.360 e. The summed E-state index contributed by atoms with van der Waals surface area (Å²) in [6.45, 7) is 6.76. The summed E-state index contributed by atoms with van der Waals surface area (Å²) in [5.41, 5.74) is 1.21. The van der Waals surface area contributed by atoms with Crippen molar-refractivity contribution in [3.05, 3.63) is 41.7 Å². The van der Waals surface area contributed by atoms with Crippen molar-refractivity contribution in [2.24, 2.45) is 0 Å². The first-order valence-corrected chi connectivity index (χ1v) is 9.91. The van der Waals surface area contributed by atoms with Crippen LogP contribution in [-0.2, 0) is 9.59 Å². The van der Waals surface area contributed by atoms with Crippen LogP contribution in [0.1, 0.15) is 11.3 Å². The number of hydrogen-bond acceptors (Lipinski definition) is 6. The number of benzene rings is 1. The summed E-state index contributed by atoms with van der Waals surface area (Å²) >= 11 is 1.56. The Hall–Kier alpha value is -2.32. The molecule has 0 spiro atoms. The molecule has 1 aromatic heterocycles. The lowest BCUT2D eigenvalue weighted by atomic mass is 10.2. The SMILES string of the molecule is Cc1ccc(SCC(=O)N2CCN(CC(=O)Nc3cc(C)on3)CC2)cc1. The minimum Gasteiger partial charge on any atom is -0.360 e. The molecule has 0 atom stereocenters. The zero-order chi connectivity index (χ0) is 19.2. The second-order valence-corrected chi connectivity index (χ2v) is 7.68. The van der Waals surface area contributed by atoms with Gasteiger partial charge in [-0.1, -0.05) is 22.9 Å². The van der Waals surface area contributed by atoms with Crippen LogP contribution in [0.15, 0.2) is 39.8 Å². The maximum absolute atomic E-state index is 12.4. The molecule has 2 aromatic rings. The second-order valence-electron chi connectivity index (χ2n) is 6.63. The number of nitrogens with one attached hydrogen (secondary N) is 1. The molecule has 144 valence electrons. The molecule has 7 nitrogen and oxygen atoms in total. The molecule has 0 radical (unpaired) electrons. The third-order valence-electron chi connectivity index (χ3n) is 4.37. The van der Waals surface area contributed by atoms with E-state index in [1.165, 1.54) is 5.56 Å². The number of anilines is 1. The van der Waals surface area contributed by atoms with E-state index in [1.807, 2.05) is 28.9 Å². The Labute approximate surface area is 163 Å². The Morgan fingerprint density at radius 3 is 2.48 bits per heavy atom. The lowest BCUT2D eigenvalue weighted by molar-refractivity contribution is -0.130. The zero-order valence-corrected chi connectivity index (χ0v) is 16.4. The number of thioether (sulfide) groups is 1. The van der Waals surface area contributed by atoms with Crippen LogP contribution in [-0.4, -0.2) is 65.2 Å². The van der Waals surface area contributed by atoms with Crippen LogP contribution in [0, 0.1) is 13.8 Å². The molecule has 1 fully saturated rings. The molecule has 8 heteroatoms. The highest BCUT2D eigenvalue weighted by Crippen LogP contribution is 2.19. The number of hydrogen-bond donors (Lipinski definition) is 1. The maximum atomic E-state index is 12.4.